The van der Waals surface area contributed by atoms with Crippen LogP contribution in [-0.4, -0.2) is 30.8 Å². The van der Waals surface area contributed by atoms with Gasteiger partial charge in [-0.1, -0.05) is 23.4 Å². The van der Waals surface area contributed by atoms with E-state index in [0.717, 1.165) is 0 Å². The van der Waals surface area contributed by atoms with Crippen LogP contribution in [0, 0.1) is 5.82 Å². The van der Waals surface area contributed by atoms with Gasteiger partial charge in [-0.15, -0.1) is 5.10 Å². The van der Waals surface area contributed by atoms with Crippen LogP contribution in [0.3, 0.4) is 0 Å². The molecule has 2 aromatic heterocycles. The number of anilines is 1. The van der Waals surface area contributed by atoms with Crippen LogP contribution < -0.4 is 5.73 Å². The molecule has 1 aromatic carbocycles. The molecule has 0 saturated carbocycles. The summed E-state index contributed by atoms with van der Waals surface area (Å²) in [6.07, 6.45) is 1.82. The molecule has 2 N–H and O–H groups in total. The van der Waals surface area contributed by atoms with Gasteiger partial charge in [0.05, 0.1) is 5.56 Å². The topological polar surface area (TPSA) is 82.0 Å². The number of fused-ring (bicyclic) bond motifs is 1. The normalized spacial score (nSPS) is 11.2. The quantitative estimate of drug-likeness (QED) is 0.731. The number of hydrogen-bond donors (Lipinski definition) is 1. The molecule has 0 bridgehead atoms. The summed E-state index contributed by atoms with van der Waals surface area (Å²) in [5.74, 6) is 0.0853. The summed E-state index contributed by atoms with van der Waals surface area (Å²) in [4.78, 5) is 12.4. The second-order valence-electron chi connectivity index (χ2n) is 3.84. The third-order valence-electron chi connectivity index (χ3n) is 2.57. The molecule has 0 radical (unpaired) electrons. The monoisotopic (exact) mass is 310 g/mol. The van der Waals surface area contributed by atoms with Crippen molar-refractivity contribution in [2.75, 3.05) is 12.0 Å². The fourth-order valence-corrected chi connectivity index (χ4v) is 2.18. The van der Waals surface area contributed by atoms with Crippen LogP contribution in [0.25, 0.3) is 17.2 Å². The summed E-state index contributed by atoms with van der Waals surface area (Å²) in [5, 5.41) is 4.89. The van der Waals surface area contributed by atoms with Crippen molar-refractivity contribution < 1.29 is 4.39 Å². The number of benzene rings is 1. The molecule has 0 unspecified atom stereocenters. The van der Waals surface area contributed by atoms with E-state index in [0.29, 0.717) is 10.2 Å². The molecule has 9 heteroatoms. The smallest absolute Gasteiger partial charge is 0.258 e. The first-order chi connectivity index (χ1) is 9.58. The maximum atomic E-state index is 13.9. The van der Waals surface area contributed by atoms with Gasteiger partial charge in [-0.25, -0.2) is 4.39 Å². The Labute approximate surface area is 122 Å². The number of rotatable bonds is 2. The lowest BCUT2D eigenvalue weighted by Gasteiger charge is -1.98. The largest absolute Gasteiger partial charge is 0.368 e. The summed E-state index contributed by atoms with van der Waals surface area (Å²) < 4.78 is 15.1. The van der Waals surface area contributed by atoms with E-state index in [-0.39, 0.29) is 23.1 Å². The lowest BCUT2D eigenvalue weighted by molar-refractivity contribution is 0.630. The lowest BCUT2D eigenvalue weighted by Crippen LogP contribution is -2.04. The third kappa shape index (κ3) is 2.16. The van der Waals surface area contributed by atoms with Gasteiger partial charge < -0.3 is 5.73 Å². The maximum Gasteiger partial charge on any atom is 0.258 e. The van der Waals surface area contributed by atoms with Crippen LogP contribution in [0.2, 0.25) is 5.02 Å². The molecule has 0 amide bonds. The molecule has 0 fully saturated rings. The Hall–Kier alpha value is -1.93. The molecule has 0 aliphatic rings. The predicted octanol–water partition coefficient (Wildman–Crippen LogP) is 2.28. The van der Waals surface area contributed by atoms with Gasteiger partial charge in [0.25, 0.3) is 5.78 Å². The van der Waals surface area contributed by atoms with E-state index < -0.39 is 5.82 Å². The van der Waals surface area contributed by atoms with Crippen LogP contribution in [0.15, 0.2) is 23.4 Å². The van der Waals surface area contributed by atoms with Crippen LogP contribution >= 0.6 is 23.4 Å². The summed E-state index contributed by atoms with van der Waals surface area (Å²) in [7, 11) is 0. The minimum absolute atomic E-state index is 0.146. The molecule has 0 aliphatic heterocycles. The van der Waals surface area contributed by atoms with Crippen LogP contribution in [0.1, 0.15) is 0 Å². The van der Waals surface area contributed by atoms with Crippen molar-refractivity contribution >= 4 is 35.1 Å². The standard InChI is InChI=1S/C11H8ClFN6S/c1-20-11-16-9(14)19-10(17-11)15-8(18-19)6-3-2-5(12)4-7(6)13/h2-4H,1H3,(H2,14,15,16,17,18). The van der Waals surface area contributed by atoms with Gasteiger partial charge in [0.15, 0.2) is 11.0 Å². The van der Waals surface area contributed by atoms with E-state index in [1.807, 2.05) is 6.26 Å². The third-order valence-corrected chi connectivity index (χ3v) is 3.35. The fourth-order valence-electron chi connectivity index (χ4n) is 1.66. The van der Waals surface area contributed by atoms with Crippen molar-refractivity contribution in [2.24, 2.45) is 0 Å². The average molecular weight is 311 g/mol. The fraction of sp³-hybridized carbons (Fsp3) is 0.0909. The molecular weight excluding hydrogens is 303 g/mol. The number of halogens is 2. The Morgan fingerprint density at radius 3 is 2.80 bits per heavy atom. The van der Waals surface area contributed by atoms with Crippen molar-refractivity contribution in [3.63, 3.8) is 0 Å². The van der Waals surface area contributed by atoms with Gasteiger partial charge in [0.2, 0.25) is 5.95 Å². The van der Waals surface area contributed by atoms with E-state index >= 15 is 0 Å². The van der Waals surface area contributed by atoms with E-state index in [9.17, 15) is 4.39 Å². The number of thioether (sulfide) groups is 1. The SMILES string of the molecule is CSc1nc(N)n2nc(-c3ccc(Cl)cc3F)nc2n1. The van der Waals surface area contributed by atoms with Crippen molar-refractivity contribution in [1.29, 1.82) is 0 Å². The Morgan fingerprint density at radius 2 is 2.10 bits per heavy atom. The van der Waals surface area contributed by atoms with Gasteiger partial charge in [-0.3, -0.25) is 0 Å². The summed E-state index contributed by atoms with van der Waals surface area (Å²) in [6.45, 7) is 0. The van der Waals surface area contributed by atoms with E-state index in [1.54, 1.807) is 6.07 Å². The molecule has 3 aromatic rings. The van der Waals surface area contributed by atoms with Crippen molar-refractivity contribution in [3.05, 3.63) is 29.0 Å². The van der Waals surface area contributed by atoms with Crippen molar-refractivity contribution in [2.45, 2.75) is 5.16 Å². The first kappa shape index (κ1) is 13.1. The highest BCUT2D eigenvalue weighted by Gasteiger charge is 2.15. The molecule has 20 heavy (non-hydrogen) atoms. The number of hydrogen-bond acceptors (Lipinski definition) is 6. The zero-order valence-corrected chi connectivity index (χ0v) is 11.8. The van der Waals surface area contributed by atoms with E-state index in [1.165, 1.54) is 28.4 Å². The molecule has 3 rings (SSSR count). The first-order valence-electron chi connectivity index (χ1n) is 5.48. The van der Waals surface area contributed by atoms with Gasteiger partial charge in [0.1, 0.15) is 5.82 Å². The Morgan fingerprint density at radius 1 is 1.30 bits per heavy atom. The highest BCUT2D eigenvalue weighted by Crippen LogP contribution is 2.23. The first-order valence-corrected chi connectivity index (χ1v) is 7.08. The van der Waals surface area contributed by atoms with Crippen LogP contribution in [-0.2, 0) is 0 Å². The molecular formula is C11H8ClFN6S. The number of nitrogen functional groups attached to an aromatic ring is 1. The second-order valence-corrected chi connectivity index (χ2v) is 5.05. The molecule has 0 saturated heterocycles. The summed E-state index contributed by atoms with van der Waals surface area (Å²) in [6, 6.07) is 4.27. The average Bonchev–Trinajstić information content (AvgIpc) is 2.82. The summed E-state index contributed by atoms with van der Waals surface area (Å²) >= 11 is 7.05. The maximum absolute atomic E-state index is 13.9. The van der Waals surface area contributed by atoms with Gasteiger partial charge >= 0.3 is 0 Å². The molecule has 6 nitrogen and oxygen atoms in total. The number of nitrogens with zero attached hydrogens (tertiary/aromatic N) is 5. The van der Waals surface area contributed by atoms with Crippen molar-refractivity contribution in [1.82, 2.24) is 24.6 Å². The van der Waals surface area contributed by atoms with E-state index in [2.05, 4.69) is 20.1 Å². The second kappa shape index (κ2) is 4.88. The highest BCUT2D eigenvalue weighted by atomic mass is 35.5. The minimum Gasteiger partial charge on any atom is -0.368 e. The van der Waals surface area contributed by atoms with Gasteiger partial charge in [-0.2, -0.15) is 19.5 Å². The molecule has 0 spiro atoms. The van der Waals surface area contributed by atoms with Gasteiger partial charge in [0, 0.05) is 5.02 Å². The Balaban J connectivity index is 2.20. The molecule has 102 valence electrons. The van der Waals surface area contributed by atoms with Crippen molar-refractivity contribution in [3.8, 4) is 11.4 Å². The summed E-state index contributed by atoms with van der Waals surface area (Å²) in [5.41, 5.74) is 5.99. The zero-order valence-electron chi connectivity index (χ0n) is 10.2. The Kier molecular flexibility index (Phi) is 3.19. The zero-order chi connectivity index (χ0) is 14.3. The minimum atomic E-state index is -0.509. The van der Waals surface area contributed by atoms with E-state index in [4.69, 9.17) is 17.3 Å². The number of aromatic nitrogens is 5. The van der Waals surface area contributed by atoms with Crippen LogP contribution in [0.5, 0.6) is 0 Å². The molecule has 0 atom stereocenters. The lowest BCUT2D eigenvalue weighted by atomic mass is 10.2. The number of nitrogens with two attached hydrogens (primary N) is 1. The molecule has 2 heterocycles. The van der Waals surface area contributed by atoms with Crippen LogP contribution in [0.4, 0.5) is 10.3 Å². The Bertz CT molecular complexity index is 805. The van der Waals surface area contributed by atoms with Gasteiger partial charge in [-0.05, 0) is 24.5 Å². The highest BCUT2D eigenvalue weighted by molar-refractivity contribution is 7.98. The predicted molar refractivity (Wildman–Crippen MR) is 75.2 cm³/mol. The molecule has 0 aliphatic carbocycles.